The Morgan fingerprint density at radius 2 is 1.54 bits per heavy atom. The topological polar surface area (TPSA) is 78.0 Å². The molecule has 0 radical (unpaired) electrons. The average Bonchev–Trinajstić information content (AvgIpc) is 2.94. The van der Waals surface area contributed by atoms with Crippen LogP contribution >= 0.6 is 0 Å². The molecule has 2 aliphatic heterocycles. The quantitative estimate of drug-likeness (QED) is 0.756. The molecule has 1 atom stereocenters. The number of hydrogen-bond donors (Lipinski definition) is 0. The number of para-hydroxylation sites is 1. The van der Waals surface area contributed by atoms with Crippen LogP contribution in [0.5, 0.6) is 0 Å². The summed E-state index contributed by atoms with van der Waals surface area (Å²) >= 11 is 0. The minimum absolute atomic E-state index is 0.150. The summed E-state index contributed by atoms with van der Waals surface area (Å²) < 4.78 is 0. The van der Waals surface area contributed by atoms with E-state index in [-0.39, 0.29) is 18.9 Å². The minimum Gasteiger partial charge on any atom is -0.347 e. The number of carbonyl (C=O) groups is 4. The van der Waals surface area contributed by atoms with E-state index in [1.165, 1.54) is 9.80 Å². The van der Waals surface area contributed by atoms with Gasteiger partial charge in [-0.1, -0.05) is 30.3 Å². The van der Waals surface area contributed by atoms with Crippen LogP contribution in [-0.4, -0.2) is 60.1 Å². The molecule has 0 saturated heterocycles. The number of rotatable bonds is 3. The summed E-state index contributed by atoms with van der Waals surface area (Å²) in [5.41, 5.74) is 2.05. The summed E-state index contributed by atoms with van der Waals surface area (Å²) in [5.74, 6) is -1.62. The van der Waals surface area contributed by atoms with E-state index in [1.54, 1.807) is 50.5 Å². The first-order valence-corrected chi connectivity index (χ1v) is 8.96. The van der Waals surface area contributed by atoms with Crippen molar-refractivity contribution in [1.82, 2.24) is 9.80 Å². The van der Waals surface area contributed by atoms with Crippen molar-refractivity contribution in [3.63, 3.8) is 0 Å². The highest BCUT2D eigenvalue weighted by Crippen LogP contribution is 2.33. The van der Waals surface area contributed by atoms with E-state index < -0.39 is 23.8 Å². The van der Waals surface area contributed by atoms with E-state index in [1.807, 2.05) is 12.1 Å². The lowest BCUT2D eigenvalue weighted by Gasteiger charge is -2.37. The minimum atomic E-state index is -0.975. The zero-order chi connectivity index (χ0) is 20.0. The van der Waals surface area contributed by atoms with Crippen LogP contribution in [0.1, 0.15) is 26.3 Å². The SMILES string of the molecule is CN(C)C(=O)CN1C(=O)C(N2C(=O)c3ccccc3C2=O)Cc2ccccc21. The van der Waals surface area contributed by atoms with Crippen LogP contribution in [0, 0.1) is 0 Å². The van der Waals surface area contributed by atoms with Crippen molar-refractivity contribution in [1.29, 1.82) is 0 Å². The molecule has 2 heterocycles. The maximum Gasteiger partial charge on any atom is 0.262 e. The number of amides is 4. The average molecular weight is 377 g/mol. The Bertz CT molecular complexity index is 979. The van der Waals surface area contributed by atoms with Crippen molar-refractivity contribution in [2.24, 2.45) is 0 Å². The first-order chi connectivity index (χ1) is 13.4. The van der Waals surface area contributed by atoms with Gasteiger partial charge < -0.3 is 9.80 Å². The highest BCUT2D eigenvalue weighted by molar-refractivity contribution is 6.23. The molecule has 4 amide bonds. The molecular weight excluding hydrogens is 358 g/mol. The van der Waals surface area contributed by atoms with Gasteiger partial charge in [-0.2, -0.15) is 0 Å². The van der Waals surface area contributed by atoms with Crippen molar-refractivity contribution in [2.75, 3.05) is 25.5 Å². The number of imide groups is 1. The maximum absolute atomic E-state index is 13.3. The molecule has 28 heavy (non-hydrogen) atoms. The number of hydrogen-bond acceptors (Lipinski definition) is 4. The Hall–Kier alpha value is -3.48. The molecule has 0 spiro atoms. The Balaban J connectivity index is 1.74. The van der Waals surface area contributed by atoms with Crippen molar-refractivity contribution in [3.05, 3.63) is 65.2 Å². The monoisotopic (exact) mass is 377 g/mol. The number of carbonyl (C=O) groups excluding carboxylic acids is 4. The summed E-state index contributed by atoms with van der Waals surface area (Å²) in [4.78, 5) is 55.1. The van der Waals surface area contributed by atoms with Crippen molar-refractivity contribution in [3.8, 4) is 0 Å². The van der Waals surface area contributed by atoms with Gasteiger partial charge in [-0.25, -0.2) is 0 Å². The molecular formula is C21H19N3O4. The second-order valence-corrected chi connectivity index (χ2v) is 7.09. The number of nitrogens with zero attached hydrogens (tertiary/aromatic N) is 3. The number of fused-ring (bicyclic) bond motifs is 2. The fraction of sp³-hybridized carbons (Fsp3) is 0.238. The van der Waals surface area contributed by atoms with Gasteiger partial charge in [0.2, 0.25) is 5.91 Å². The molecule has 1 unspecified atom stereocenters. The maximum atomic E-state index is 13.3. The molecule has 2 aromatic carbocycles. The van der Waals surface area contributed by atoms with Gasteiger partial charge in [-0.05, 0) is 23.8 Å². The molecule has 0 aromatic heterocycles. The zero-order valence-corrected chi connectivity index (χ0v) is 15.6. The van der Waals surface area contributed by atoms with E-state index in [2.05, 4.69) is 0 Å². The van der Waals surface area contributed by atoms with Crippen LogP contribution in [0.15, 0.2) is 48.5 Å². The third-order valence-corrected chi connectivity index (χ3v) is 5.18. The smallest absolute Gasteiger partial charge is 0.262 e. The summed E-state index contributed by atoms with van der Waals surface area (Å²) in [6, 6.07) is 12.8. The highest BCUT2D eigenvalue weighted by atomic mass is 16.2. The van der Waals surface area contributed by atoms with Gasteiger partial charge in [0, 0.05) is 26.2 Å². The van der Waals surface area contributed by atoms with E-state index in [0.717, 1.165) is 10.5 Å². The van der Waals surface area contributed by atoms with Crippen LogP contribution in [0.2, 0.25) is 0 Å². The summed E-state index contributed by atoms with van der Waals surface area (Å²) in [7, 11) is 3.23. The van der Waals surface area contributed by atoms with Crippen LogP contribution in [0.25, 0.3) is 0 Å². The Morgan fingerprint density at radius 1 is 0.964 bits per heavy atom. The van der Waals surface area contributed by atoms with Gasteiger partial charge in [-0.3, -0.25) is 24.1 Å². The standard InChI is InChI=1S/C21H19N3O4/c1-22(2)18(25)12-23-16-10-6-3-7-13(16)11-17(21(23)28)24-19(26)14-8-4-5-9-15(14)20(24)27/h3-10,17H,11-12H2,1-2H3. The predicted octanol–water partition coefficient (Wildman–Crippen LogP) is 1.33. The van der Waals surface area contributed by atoms with Crippen molar-refractivity contribution < 1.29 is 19.2 Å². The van der Waals surface area contributed by atoms with E-state index in [9.17, 15) is 19.2 Å². The van der Waals surface area contributed by atoms with Crippen molar-refractivity contribution in [2.45, 2.75) is 12.5 Å². The van der Waals surface area contributed by atoms with E-state index in [0.29, 0.717) is 16.8 Å². The van der Waals surface area contributed by atoms with Crippen LogP contribution in [-0.2, 0) is 16.0 Å². The molecule has 2 aliphatic rings. The molecule has 0 aliphatic carbocycles. The second-order valence-electron chi connectivity index (χ2n) is 7.09. The lowest BCUT2D eigenvalue weighted by molar-refractivity contribution is -0.130. The lowest BCUT2D eigenvalue weighted by atomic mass is 9.95. The number of benzene rings is 2. The molecule has 0 N–H and O–H groups in total. The Labute approximate surface area is 162 Å². The first kappa shape index (κ1) is 17.9. The van der Waals surface area contributed by atoms with Gasteiger partial charge in [-0.15, -0.1) is 0 Å². The summed E-state index contributed by atoms with van der Waals surface area (Å²) in [6.45, 7) is -0.150. The van der Waals surface area contributed by atoms with Gasteiger partial charge in [0.05, 0.1) is 11.1 Å². The van der Waals surface area contributed by atoms with Crippen LogP contribution in [0.4, 0.5) is 5.69 Å². The fourth-order valence-corrected chi connectivity index (χ4v) is 3.67. The van der Waals surface area contributed by atoms with Gasteiger partial charge in [0.15, 0.2) is 0 Å². The number of likely N-dealkylation sites (N-methyl/N-ethyl adjacent to an activating group) is 1. The molecule has 7 heteroatoms. The fourth-order valence-electron chi connectivity index (χ4n) is 3.67. The lowest BCUT2D eigenvalue weighted by Crippen LogP contribution is -2.56. The molecule has 2 aromatic rings. The van der Waals surface area contributed by atoms with Crippen LogP contribution in [0.3, 0.4) is 0 Å². The van der Waals surface area contributed by atoms with Crippen molar-refractivity contribution >= 4 is 29.3 Å². The van der Waals surface area contributed by atoms with Gasteiger partial charge in [0.1, 0.15) is 12.6 Å². The van der Waals surface area contributed by atoms with E-state index >= 15 is 0 Å². The van der Waals surface area contributed by atoms with Gasteiger partial charge >= 0.3 is 0 Å². The van der Waals surface area contributed by atoms with Crippen LogP contribution < -0.4 is 4.90 Å². The number of anilines is 1. The third kappa shape index (κ3) is 2.67. The molecule has 142 valence electrons. The second kappa shape index (κ2) is 6.60. The molecule has 0 saturated carbocycles. The molecule has 7 nitrogen and oxygen atoms in total. The molecule has 4 rings (SSSR count). The highest BCUT2D eigenvalue weighted by Gasteiger charge is 2.46. The predicted molar refractivity (Wildman–Crippen MR) is 102 cm³/mol. The molecule has 0 fully saturated rings. The van der Waals surface area contributed by atoms with E-state index in [4.69, 9.17) is 0 Å². The Morgan fingerprint density at radius 3 is 2.14 bits per heavy atom. The normalized spacial score (nSPS) is 18.2. The zero-order valence-electron chi connectivity index (χ0n) is 15.6. The third-order valence-electron chi connectivity index (χ3n) is 5.18. The largest absolute Gasteiger partial charge is 0.347 e. The Kier molecular flexibility index (Phi) is 4.22. The first-order valence-electron chi connectivity index (χ1n) is 8.96. The summed E-state index contributed by atoms with van der Waals surface area (Å²) in [6.07, 6.45) is 0.229. The summed E-state index contributed by atoms with van der Waals surface area (Å²) in [5, 5.41) is 0. The molecule has 0 bridgehead atoms. The van der Waals surface area contributed by atoms with Gasteiger partial charge in [0.25, 0.3) is 17.7 Å².